The van der Waals surface area contributed by atoms with Crippen molar-refractivity contribution in [3.63, 3.8) is 0 Å². The molecule has 6 heteroatoms. The minimum Gasteiger partial charge on any atom is -1.00 e. The first-order chi connectivity index (χ1) is 10.6. The van der Waals surface area contributed by atoms with Crippen LogP contribution in [0, 0.1) is 0 Å². The summed E-state index contributed by atoms with van der Waals surface area (Å²) in [7, 11) is 3.13. The third-order valence-corrected chi connectivity index (χ3v) is 3.39. The van der Waals surface area contributed by atoms with E-state index >= 15 is 0 Å². The number of aromatic hydroxyl groups is 2. The minimum atomic E-state index is -0.0710. The summed E-state index contributed by atoms with van der Waals surface area (Å²) in [5.41, 5.74) is 1.16. The smallest absolute Gasteiger partial charge is 0.402 e. The van der Waals surface area contributed by atoms with E-state index in [-0.39, 0.29) is 23.9 Å². The molecule has 5 nitrogen and oxygen atoms in total. The molecule has 0 aliphatic carbocycles. The molecule has 0 amide bonds. The van der Waals surface area contributed by atoms with Gasteiger partial charge in [0, 0.05) is 12.1 Å². The summed E-state index contributed by atoms with van der Waals surface area (Å²) in [5, 5.41) is 20.0. The number of hydrogen-bond acceptors (Lipinski definition) is 4. The molecular formula is C17H15ClO5. The van der Waals surface area contributed by atoms with Crippen LogP contribution in [0.1, 0.15) is 0 Å². The van der Waals surface area contributed by atoms with Crippen LogP contribution in [0.2, 0.25) is 0 Å². The number of ether oxygens (including phenoxy) is 2. The van der Waals surface area contributed by atoms with Gasteiger partial charge in [0.05, 0.1) is 25.8 Å². The number of phenols is 2. The summed E-state index contributed by atoms with van der Waals surface area (Å²) >= 11 is 0. The SMILES string of the molecule is COc1ccc(-c2[o+]c3cc(O)cc(O)c3cc2OC)cc1.[Cl-]. The van der Waals surface area contributed by atoms with Gasteiger partial charge in [0.15, 0.2) is 0 Å². The molecular weight excluding hydrogens is 320 g/mol. The normalized spacial score (nSPS) is 10.2. The average Bonchev–Trinajstić information content (AvgIpc) is 2.53. The first-order valence-electron chi connectivity index (χ1n) is 6.63. The van der Waals surface area contributed by atoms with Crippen molar-refractivity contribution in [3.05, 3.63) is 42.5 Å². The number of hydrogen-bond donors (Lipinski definition) is 2. The van der Waals surface area contributed by atoms with Crippen LogP contribution < -0.4 is 21.9 Å². The Bertz CT molecular complexity index is 831. The van der Waals surface area contributed by atoms with Crippen LogP contribution in [0.25, 0.3) is 22.3 Å². The lowest BCUT2D eigenvalue weighted by Gasteiger charge is -2.03. The second-order valence-corrected chi connectivity index (χ2v) is 4.75. The van der Waals surface area contributed by atoms with E-state index in [9.17, 15) is 10.2 Å². The Morgan fingerprint density at radius 2 is 1.61 bits per heavy atom. The summed E-state index contributed by atoms with van der Waals surface area (Å²) < 4.78 is 16.3. The Hall–Kier alpha value is -2.66. The molecule has 120 valence electrons. The third kappa shape index (κ3) is 3.10. The van der Waals surface area contributed by atoms with E-state index in [0.29, 0.717) is 22.5 Å². The number of methoxy groups -OCH3 is 2. The highest BCUT2D eigenvalue weighted by Gasteiger charge is 2.24. The van der Waals surface area contributed by atoms with Crippen molar-refractivity contribution in [2.45, 2.75) is 0 Å². The summed E-state index contributed by atoms with van der Waals surface area (Å²) in [6, 6.07) is 11.7. The maximum Gasteiger partial charge on any atom is 0.402 e. The van der Waals surface area contributed by atoms with Crippen LogP contribution >= 0.6 is 0 Å². The van der Waals surface area contributed by atoms with E-state index in [4.69, 9.17) is 13.9 Å². The van der Waals surface area contributed by atoms with Gasteiger partial charge < -0.3 is 32.1 Å². The van der Waals surface area contributed by atoms with Crippen LogP contribution in [0.5, 0.6) is 23.0 Å². The molecule has 0 aliphatic heterocycles. The Morgan fingerprint density at radius 1 is 0.913 bits per heavy atom. The fraction of sp³-hybridized carbons (Fsp3) is 0.118. The molecule has 3 rings (SSSR count). The number of fused-ring (bicyclic) bond motifs is 1. The number of phenolic OH excluding ortho intramolecular Hbond substituents is 2. The van der Waals surface area contributed by atoms with Crippen molar-refractivity contribution in [3.8, 4) is 34.3 Å². The van der Waals surface area contributed by atoms with Crippen LogP contribution in [-0.2, 0) is 0 Å². The van der Waals surface area contributed by atoms with E-state index in [1.807, 2.05) is 24.3 Å². The van der Waals surface area contributed by atoms with E-state index in [0.717, 1.165) is 11.3 Å². The summed E-state index contributed by atoms with van der Waals surface area (Å²) in [6.07, 6.45) is 0. The number of halogens is 1. The zero-order chi connectivity index (χ0) is 15.7. The molecule has 0 saturated carbocycles. The molecule has 1 heterocycles. The first-order valence-corrected chi connectivity index (χ1v) is 6.63. The Kier molecular flexibility index (Phi) is 4.81. The molecule has 0 atom stereocenters. The van der Waals surface area contributed by atoms with Gasteiger partial charge in [-0.2, -0.15) is 0 Å². The first kappa shape index (κ1) is 16.7. The van der Waals surface area contributed by atoms with E-state index in [2.05, 4.69) is 0 Å². The van der Waals surface area contributed by atoms with Crippen molar-refractivity contribution in [1.82, 2.24) is 0 Å². The molecule has 0 saturated heterocycles. The maximum absolute atomic E-state index is 9.91. The zero-order valence-corrected chi connectivity index (χ0v) is 13.3. The molecule has 0 radical (unpaired) electrons. The van der Waals surface area contributed by atoms with Gasteiger partial charge in [-0.15, -0.1) is 0 Å². The summed E-state index contributed by atoms with van der Waals surface area (Å²) in [6.45, 7) is 0. The highest BCUT2D eigenvalue weighted by atomic mass is 35.5. The topological polar surface area (TPSA) is 70.2 Å². The molecule has 0 aliphatic rings. The van der Waals surface area contributed by atoms with Gasteiger partial charge in [-0.05, 0) is 24.3 Å². The lowest BCUT2D eigenvalue weighted by molar-refractivity contribution is -0.00000757. The quantitative estimate of drug-likeness (QED) is 0.694. The highest BCUT2D eigenvalue weighted by molar-refractivity contribution is 5.88. The standard InChI is InChI=1S/C17H14O5.ClH/c1-20-12-5-3-10(4-6-12)17-16(21-2)9-13-14(19)7-11(18)8-15(13)22-17;/h3-9H,1-2H3,(H-,18,19);1H. The van der Waals surface area contributed by atoms with Crippen molar-refractivity contribution >= 4 is 11.0 Å². The zero-order valence-electron chi connectivity index (χ0n) is 12.5. The molecule has 23 heavy (non-hydrogen) atoms. The predicted octanol–water partition coefficient (Wildman–Crippen LogP) is 0.813. The maximum atomic E-state index is 9.91. The number of benzene rings is 2. The Labute approximate surface area is 139 Å². The Balaban J connectivity index is 0.00000192. The van der Waals surface area contributed by atoms with Crippen LogP contribution in [0.15, 0.2) is 46.9 Å². The van der Waals surface area contributed by atoms with Gasteiger partial charge in [0.1, 0.15) is 22.6 Å². The molecule has 1 aromatic heterocycles. The molecule has 0 spiro atoms. The fourth-order valence-electron chi connectivity index (χ4n) is 2.28. The highest BCUT2D eigenvalue weighted by Crippen LogP contribution is 2.39. The largest absolute Gasteiger partial charge is 1.00 e. The van der Waals surface area contributed by atoms with Gasteiger partial charge in [-0.3, -0.25) is 0 Å². The molecule has 0 unspecified atom stereocenters. The molecule has 0 fully saturated rings. The molecule has 2 N–H and O–H groups in total. The monoisotopic (exact) mass is 334 g/mol. The molecule has 0 bridgehead atoms. The second kappa shape index (κ2) is 6.62. The van der Waals surface area contributed by atoms with Gasteiger partial charge in [0.25, 0.3) is 0 Å². The van der Waals surface area contributed by atoms with Crippen LogP contribution in [0.3, 0.4) is 0 Å². The minimum absolute atomic E-state index is 0. The van der Waals surface area contributed by atoms with Gasteiger partial charge in [-0.1, -0.05) is 0 Å². The van der Waals surface area contributed by atoms with E-state index in [1.165, 1.54) is 19.2 Å². The van der Waals surface area contributed by atoms with E-state index < -0.39 is 0 Å². The lowest BCUT2D eigenvalue weighted by Crippen LogP contribution is -3.00. The predicted molar refractivity (Wildman–Crippen MR) is 82.5 cm³/mol. The molecule has 3 aromatic rings. The van der Waals surface area contributed by atoms with E-state index in [1.54, 1.807) is 13.2 Å². The van der Waals surface area contributed by atoms with Crippen molar-refractivity contribution in [1.29, 1.82) is 0 Å². The van der Waals surface area contributed by atoms with Crippen LogP contribution in [-0.4, -0.2) is 24.4 Å². The van der Waals surface area contributed by atoms with Crippen molar-refractivity contribution < 1.29 is 36.5 Å². The summed E-state index contributed by atoms with van der Waals surface area (Å²) in [5.74, 6) is 1.58. The van der Waals surface area contributed by atoms with Crippen molar-refractivity contribution in [2.24, 2.45) is 0 Å². The van der Waals surface area contributed by atoms with Gasteiger partial charge >= 0.3 is 11.3 Å². The lowest BCUT2D eigenvalue weighted by atomic mass is 10.1. The summed E-state index contributed by atoms with van der Waals surface area (Å²) in [4.78, 5) is 0. The van der Waals surface area contributed by atoms with Crippen LogP contribution in [0.4, 0.5) is 0 Å². The second-order valence-electron chi connectivity index (χ2n) is 4.75. The molecule has 2 aromatic carbocycles. The Morgan fingerprint density at radius 3 is 2.22 bits per heavy atom. The third-order valence-electron chi connectivity index (χ3n) is 3.39. The number of rotatable bonds is 3. The van der Waals surface area contributed by atoms with Gasteiger partial charge in [0.2, 0.25) is 5.75 Å². The van der Waals surface area contributed by atoms with Gasteiger partial charge in [-0.25, -0.2) is 4.42 Å². The average molecular weight is 335 g/mol. The fourth-order valence-corrected chi connectivity index (χ4v) is 2.28. The van der Waals surface area contributed by atoms with Crippen molar-refractivity contribution in [2.75, 3.05) is 14.2 Å².